The number of hydrogen-bond acceptors (Lipinski definition) is 2. The van der Waals surface area contributed by atoms with Gasteiger partial charge in [0.15, 0.2) is 5.76 Å². The van der Waals surface area contributed by atoms with E-state index in [-0.39, 0.29) is 15.9 Å². The molecule has 3 nitrogen and oxygen atoms in total. The molecule has 0 unspecified atom stereocenters. The molecule has 0 atom stereocenters. The molecular weight excluding hydrogens is 296 g/mol. The summed E-state index contributed by atoms with van der Waals surface area (Å²) >= 11 is 2.84. The number of rotatable bonds is 2. The molecule has 0 radical (unpaired) electrons. The predicted molar refractivity (Wildman–Crippen MR) is 60.7 cm³/mol. The maximum Gasteiger partial charge on any atom is 0.291 e. The standard InChI is InChI=1S/C11H6BrF2NO2/c12-6-4-8(14)9(5-7(6)13)15-11(16)10-2-1-3-17-10/h1-5H,(H,15,16). The molecular formula is C11H6BrF2NO2. The smallest absolute Gasteiger partial charge is 0.291 e. The van der Waals surface area contributed by atoms with Crippen LogP contribution < -0.4 is 5.32 Å². The molecule has 0 aliphatic heterocycles. The molecule has 0 saturated heterocycles. The Labute approximate surface area is 104 Å². The van der Waals surface area contributed by atoms with Crippen LogP contribution in [0.1, 0.15) is 10.6 Å². The minimum atomic E-state index is -0.738. The van der Waals surface area contributed by atoms with Crippen LogP contribution in [0, 0.1) is 11.6 Å². The Kier molecular flexibility index (Phi) is 3.23. The fourth-order valence-corrected chi connectivity index (χ4v) is 1.53. The lowest BCUT2D eigenvalue weighted by atomic mass is 10.3. The van der Waals surface area contributed by atoms with Crippen LogP contribution in [0.3, 0.4) is 0 Å². The van der Waals surface area contributed by atoms with Crippen LogP contribution in [0.5, 0.6) is 0 Å². The maximum atomic E-state index is 13.4. The highest BCUT2D eigenvalue weighted by Gasteiger charge is 2.13. The highest BCUT2D eigenvalue weighted by molar-refractivity contribution is 9.10. The Hall–Kier alpha value is -1.69. The predicted octanol–water partition coefficient (Wildman–Crippen LogP) is 3.57. The van der Waals surface area contributed by atoms with Gasteiger partial charge in [0.25, 0.3) is 5.91 Å². The number of halogens is 3. The molecule has 0 bridgehead atoms. The number of amides is 1. The molecule has 0 aliphatic rings. The van der Waals surface area contributed by atoms with E-state index in [9.17, 15) is 13.6 Å². The van der Waals surface area contributed by atoms with Crippen LogP contribution in [-0.4, -0.2) is 5.91 Å². The molecule has 0 spiro atoms. The molecule has 1 aromatic heterocycles. The molecule has 17 heavy (non-hydrogen) atoms. The van der Waals surface area contributed by atoms with E-state index in [4.69, 9.17) is 4.42 Å². The van der Waals surface area contributed by atoms with Crippen LogP contribution in [-0.2, 0) is 0 Å². The summed E-state index contributed by atoms with van der Waals surface area (Å²) in [5.41, 5.74) is -0.243. The fourth-order valence-electron chi connectivity index (χ4n) is 1.21. The molecule has 2 aromatic rings. The van der Waals surface area contributed by atoms with Crippen molar-refractivity contribution in [3.05, 3.63) is 52.4 Å². The van der Waals surface area contributed by atoms with E-state index in [0.29, 0.717) is 0 Å². The van der Waals surface area contributed by atoms with E-state index >= 15 is 0 Å². The third-order valence-corrected chi connectivity index (χ3v) is 2.61. The van der Waals surface area contributed by atoms with Crippen molar-refractivity contribution >= 4 is 27.5 Å². The lowest BCUT2D eigenvalue weighted by molar-refractivity contribution is 0.0996. The number of anilines is 1. The third-order valence-electron chi connectivity index (χ3n) is 2.00. The van der Waals surface area contributed by atoms with Crippen LogP contribution in [0.4, 0.5) is 14.5 Å². The van der Waals surface area contributed by atoms with Crippen LogP contribution in [0.2, 0.25) is 0 Å². The zero-order valence-electron chi connectivity index (χ0n) is 8.34. The zero-order valence-corrected chi connectivity index (χ0v) is 9.92. The van der Waals surface area contributed by atoms with Crippen molar-refractivity contribution in [1.29, 1.82) is 0 Å². The summed E-state index contributed by atoms with van der Waals surface area (Å²) in [4.78, 5) is 11.5. The van der Waals surface area contributed by atoms with Gasteiger partial charge in [0, 0.05) is 6.07 Å². The van der Waals surface area contributed by atoms with Crippen LogP contribution >= 0.6 is 15.9 Å². The lowest BCUT2D eigenvalue weighted by Gasteiger charge is -2.05. The number of furan rings is 1. The second-order valence-electron chi connectivity index (χ2n) is 3.18. The van der Waals surface area contributed by atoms with Gasteiger partial charge in [-0.3, -0.25) is 4.79 Å². The Morgan fingerprint density at radius 2 is 2.06 bits per heavy atom. The number of carbonyl (C=O) groups excluding carboxylic acids is 1. The van der Waals surface area contributed by atoms with Gasteiger partial charge in [-0.2, -0.15) is 0 Å². The molecule has 1 amide bonds. The number of nitrogens with one attached hydrogen (secondary N) is 1. The second kappa shape index (κ2) is 4.67. The summed E-state index contributed by atoms with van der Waals surface area (Å²) in [5.74, 6) is -2.03. The first kappa shape index (κ1) is 11.8. The van der Waals surface area contributed by atoms with Gasteiger partial charge in [-0.25, -0.2) is 8.78 Å². The van der Waals surface area contributed by atoms with E-state index < -0.39 is 17.5 Å². The van der Waals surface area contributed by atoms with Gasteiger partial charge in [0.05, 0.1) is 16.4 Å². The SMILES string of the molecule is O=C(Nc1cc(F)c(Br)cc1F)c1ccco1. The topological polar surface area (TPSA) is 42.2 Å². The molecule has 2 rings (SSSR count). The van der Waals surface area contributed by atoms with Crippen molar-refractivity contribution in [2.24, 2.45) is 0 Å². The first-order valence-corrected chi connectivity index (χ1v) is 5.36. The van der Waals surface area contributed by atoms with Gasteiger partial charge in [0.2, 0.25) is 0 Å². The molecule has 0 aliphatic carbocycles. The first-order chi connectivity index (χ1) is 8.08. The van der Waals surface area contributed by atoms with E-state index in [1.807, 2.05) is 0 Å². The van der Waals surface area contributed by atoms with Gasteiger partial charge in [-0.05, 0) is 34.1 Å². The van der Waals surface area contributed by atoms with Crippen LogP contribution in [0.15, 0.2) is 39.4 Å². The summed E-state index contributed by atoms with van der Waals surface area (Å²) in [5, 5.41) is 2.21. The molecule has 88 valence electrons. The summed E-state index contributed by atoms with van der Waals surface area (Å²) in [6.45, 7) is 0. The molecule has 0 saturated carbocycles. The van der Waals surface area contributed by atoms with Gasteiger partial charge >= 0.3 is 0 Å². The molecule has 1 N–H and O–H groups in total. The van der Waals surface area contributed by atoms with Gasteiger partial charge in [-0.15, -0.1) is 0 Å². The molecule has 0 fully saturated rings. The minimum absolute atomic E-state index is 0.00834. The van der Waals surface area contributed by atoms with E-state index in [2.05, 4.69) is 21.2 Å². The minimum Gasteiger partial charge on any atom is -0.459 e. The Bertz CT molecular complexity index is 555. The number of hydrogen-bond donors (Lipinski definition) is 1. The second-order valence-corrected chi connectivity index (χ2v) is 4.03. The van der Waals surface area contributed by atoms with E-state index in [0.717, 1.165) is 12.1 Å². The summed E-state index contributed by atoms with van der Waals surface area (Å²) in [6, 6.07) is 4.77. The first-order valence-electron chi connectivity index (χ1n) is 4.57. The Balaban J connectivity index is 2.25. The van der Waals surface area contributed by atoms with Crippen molar-refractivity contribution < 1.29 is 18.0 Å². The summed E-state index contributed by atoms with van der Waals surface area (Å²) in [6.07, 6.45) is 1.31. The Morgan fingerprint density at radius 3 is 2.71 bits per heavy atom. The average Bonchev–Trinajstić information content (AvgIpc) is 2.79. The highest BCUT2D eigenvalue weighted by Crippen LogP contribution is 2.23. The zero-order chi connectivity index (χ0) is 12.4. The number of benzene rings is 1. The number of carbonyl (C=O) groups is 1. The highest BCUT2D eigenvalue weighted by atomic mass is 79.9. The van der Waals surface area contributed by atoms with Crippen LogP contribution in [0.25, 0.3) is 0 Å². The normalized spacial score (nSPS) is 10.3. The average molecular weight is 302 g/mol. The van der Waals surface area contributed by atoms with Crippen molar-refractivity contribution in [3.8, 4) is 0 Å². The van der Waals surface area contributed by atoms with E-state index in [1.165, 1.54) is 18.4 Å². The largest absolute Gasteiger partial charge is 0.459 e. The van der Waals surface area contributed by atoms with Crippen molar-refractivity contribution in [1.82, 2.24) is 0 Å². The van der Waals surface area contributed by atoms with E-state index in [1.54, 1.807) is 0 Å². The fraction of sp³-hybridized carbons (Fsp3) is 0. The molecule has 1 heterocycles. The van der Waals surface area contributed by atoms with Crippen molar-refractivity contribution in [2.45, 2.75) is 0 Å². The molecule has 1 aromatic carbocycles. The quantitative estimate of drug-likeness (QED) is 0.862. The lowest BCUT2D eigenvalue weighted by Crippen LogP contribution is -2.12. The Morgan fingerprint density at radius 1 is 1.29 bits per heavy atom. The molecule has 6 heteroatoms. The third kappa shape index (κ3) is 2.52. The van der Waals surface area contributed by atoms with Crippen molar-refractivity contribution in [3.63, 3.8) is 0 Å². The van der Waals surface area contributed by atoms with Gasteiger partial charge in [0.1, 0.15) is 11.6 Å². The van der Waals surface area contributed by atoms with Gasteiger partial charge in [-0.1, -0.05) is 0 Å². The maximum absolute atomic E-state index is 13.4. The summed E-state index contributed by atoms with van der Waals surface area (Å²) in [7, 11) is 0. The summed E-state index contributed by atoms with van der Waals surface area (Å²) < 4.78 is 31.4. The van der Waals surface area contributed by atoms with Crippen molar-refractivity contribution in [2.75, 3.05) is 5.32 Å². The van der Waals surface area contributed by atoms with Gasteiger partial charge < -0.3 is 9.73 Å². The monoisotopic (exact) mass is 301 g/mol.